The molecule has 0 amide bonds. The predicted octanol–water partition coefficient (Wildman–Crippen LogP) is 1.18. The standard InChI is InChI=1S/C13H17N5/c1-10-2-3-12(14)11(6-10)7-17-4-5-18-9-15-16-13(18)8-17/h2-3,6,9H,4-5,7-8,14H2,1H3. The molecule has 0 saturated heterocycles. The van der Waals surface area contributed by atoms with Crippen LogP contribution in [0.4, 0.5) is 5.69 Å². The van der Waals surface area contributed by atoms with Crippen LogP contribution in [0.3, 0.4) is 0 Å². The molecule has 0 aliphatic carbocycles. The summed E-state index contributed by atoms with van der Waals surface area (Å²) in [5, 5.41) is 8.07. The van der Waals surface area contributed by atoms with Crippen LogP contribution in [-0.2, 0) is 19.6 Å². The lowest BCUT2D eigenvalue weighted by molar-refractivity contribution is 0.209. The van der Waals surface area contributed by atoms with E-state index < -0.39 is 0 Å². The lowest BCUT2D eigenvalue weighted by Crippen LogP contribution is -2.33. The quantitative estimate of drug-likeness (QED) is 0.805. The number of nitrogens with two attached hydrogens (primary N) is 1. The van der Waals surface area contributed by atoms with Crippen molar-refractivity contribution in [3.63, 3.8) is 0 Å². The third-order valence-corrected chi connectivity index (χ3v) is 3.41. The fourth-order valence-corrected chi connectivity index (χ4v) is 2.36. The Morgan fingerprint density at radius 2 is 2.22 bits per heavy atom. The van der Waals surface area contributed by atoms with Crippen molar-refractivity contribution in [2.45, 2.75) is 26.6 Å². The molecule has 94 valence electrons. The minimum Gasteiger partial charge on any atom is -0.398 e. The highest BCUT2D eigenvalue weighted by Gasteiger charge is 2.17. The van der Waals surface area contributed by atoms with Crippen LogP contribution in [0.15, 0.2) is 24.5 Å². The van der Waals surface area contributed by atoms with Crippen LogP contribution >= 0.6 is 0 Å². The molecule has 2 aromatic rings. The summed E-state index contributed by atoms with van der Waals surface area (Å²) in [6.07, 6.45) is 1.80. The number of anilines is 1. The summed E-state index contributed by atoms with van der Waals surface area (Å²) in [6.45, 7) is 5.77. The molecule has 5 nitrogen and oxygen atoms in total. The molecule has 0 atom stereocenters. The second kappa shape index (κ2) is 4.42. The van der Waals surface area contributed by atoms with Gasteiger partial charge in [-0.25, -0.2) is 0 Å². The molecular formula is C13H17N5. The third-order valence-electron chi connectivity index (χ3n) is 3.41. The highest BCUT2D eigenvalue weighted by atomic mass is 15.3. The molecule has 0 spiro atoms. The van der Waals surface area contributed by atoms with Gasteiger partial charge in [0.05, 0.1) is 6.54 Å². The minimum absolute atomic E-state index is 0.841. The van der Waals surface area contributed by atoms with Gasteiger partial charge in [0.25, 0.3) is 0 Å². The van der Waals surface area contributed by atoms with E-state index in [1.54, 1.807) is 6.33 Å². The Kier molecular flexibility index (Phi) is 2.76. The first-order valence-electron chi connectivity index (χ1n) is 6.16. The van der Waals surface area contributed by atoms with E-state index in [1.165, 1.54) is 11.1 Å². The van der Waals surface area contributed by atoms with Crippen molar-refractivity contribution in [2.24, 2.45) is 0 Å². The monoisotopic (exact) mass is 243 g/mol. The van der Waals surface area contributed by atoms with Crippen LogP contribution in [0.2, 0.25) is 0 Å². The van der Waals surface area contributed by atoms with Crippen molar-refractivity contribution in [1.82, 2.24) is 19.7 Å². The maximum absolute atomic E-state index is 6.02. The number of fused-ring (bicyclic) bond motifs is 1. The molecule has 0 fully saturated rings. The molecule has 0 unspecified atom stereocenters. The highest BCUT2D eigenvalue weighted by Crippen LogP contribution is 2.18. The molecule has 5 heteroatoms. The summed E-state index contributed by atoms with van der Waals surface area (Å²) in [4.78, 5) is 2.36. The second-order valence-electron chi connectivity index (χ2n) is 4.85. The van der Waals surface area contributed by atoms with E-state index in [0.717, 1.165) is 37.7 Å². The molecule has 1 aromatic carbocycles. The molecule has 18 heavy (non-hydrogen) atoms. The van der Waals surface area contributed by atoms with Crippen LogP contribution in [-0.4, -0.2) is 26.2 Å². The Hall–Kier alpha value is -1.88. The molecule has 2 heterocycles. The van der Waals surface area contributed by atoms with E-state index in [1.807, 2.05) is 12.1 Å². The van der Waals surface area contributed by atoms with E-state index >= 15 is 0 Å². The molecule has 1 aliphatic heterocycles. The molecular weight excluding hydrogens is 226 g/mol. The minimum atomic E-state index is 0.841. The van der Waals surface area contributed by atoms with Gasteiger partial charge in [0.1, 0.15) is 12.2 Å². The van der Waals surface area contributed by atoms with Crippen LogP contribution in [0.5, 0.6) is 0 Å². The van der Waals surface area contributed by atoms with Crippen molar-refractivity contribution < 1.29 is 0 Å². The maximum atomic E-state index is 6.02. The highest BCUT2D eigenvalue weighted by molar-refractivity contribution is 5.48. The summed E-state index contributed by atoms with van der Waals surface area (Å²) < 4.78 is 2.11. The van der Waals surface area contributed by atoms with Gasteiger partial charge in [-0.1, -0.05) is 17.7 Å². The third kappa shape index (κ3) is 2.09. The van der Waals surface area contributed by atoms with E-state index in [0.29, 0.717) is 0 Å². The lowest BCUT2D eigenvalue weighted by Gasteiger charge is -2.27. The van der Waals surface area contributed by atoms with E-state index in [-0.39, 0.29) is 0 Å². The van der Waals surface area contributed by atoms with Gasteiger partial charge >= 0.3 is 0 Å². The van der Waals surface area contributed by atoms with Crippen molar-refractivity contribution in [3.05, 3.63) is 41.5 Å². The molecule has 0 bridgehead atoms. The van der Waals surface area contributed by atoms with Crippen LogP contribution in [0, 0.1) is 6.92 Å². The first kappa shape index (κ1) is 11.2. The Labute approximate surface area is 106 Å². The number of rotatable bonds is 2. The Balaban J connectivity index is 1.76. The Bertz CT molecular complexity index is 560. The number of nitrogen functional groups attached to an aromatic ring is 1. The van der Waals surface area contributed by atoms with Gasteiger partial charge in [0.2, 0.25) is 0 Å². The van der Waals surface area contributed by atoms with Gasteiger partial charge in [-0.2, -0.15) is 0 Å². The van der Waals surface area contributed by atoms with E-state index in [2.05, 4.69) is 32.7 Å². The summed E-state index contributed by atoms with van der Waals surface area (Å²) in [5.41, 5.74) is 9.34. The first-order chi connectivity index (χ1) is 8.72. The van der Waals surface area contributed by atoms with Crippen molar-refractivity contribution in [1.29, 1.82) is 0 Å². The number of aryl methyl sites for hydroxylation is 1. The van der Waals surface area contributed by atoms with Gasteiger partial charge in [0, 0.05) is 25.3 Å². The number of hydrogen-bond donors (Lipinski definition) is 1. The average molecular weight is 243 g/mol. The fraction of sp³-hybridized carbons (Fsp3) is 0.385. The zero-order valence-corrected chi connectivity index (χ0v) is 10.5. The fourth-order valence-electron chi connectivity index (χ4n) is 2.36. The van der Waals surface area contributed by atoms with Crippen molar-refractivity contribution >= 4 is 5.69 Å². The first-order valence-corrected chi connectivity index (χ1v) is 6.16. The van der Waals surface area contributed by atoms with Gasteiger partial charge in [0.15, 0.2) is 0 Å². The van der Waals surface area contributed by atoms with Gasteiger partial charge < -0.3 is 10.3 Å². The zero-order valence-electron chi connectivity index (χ0n) is 10.5. The largest absolute Gasteiger partial charge is 0.398 e. The predicted molar refractivity (Wildman–Crippen MR) is 69.7 cm³/mol. The summed E-state index contributed by atoms with van der Waals surface area (Å²) >= 11 is 0. The topological polar surface area (TPSA) is 60.0 Å². The van der Waals surface area contributed by atoms with E-state index in [9.17, 15) is 0 Å². The number of nitrogens with zero attached hydrogens (tertiary/aromatic N) is 4. The molecule has 3 rings (SSSR count). The Morgan fingerprint density at radius 1 is 1.33 bits per heavy atom. The normalized spacial score (nSPS) is 15.6. The summed E-state index contributed by atoms with van der Waals surface area (Å²) in [6, 6.07) is 6.19. The maximum Gasteiger partial charge on any atom is 0.147 e. The van der Waals surface area contributed by atoms with Gasteiger partial charge in [-0.05, 0) is 18.6 Å². The molecule has 1 aliphatic rings. The number of benzene rings is 1. The number of aromatic nitrogens is 3. The average Bonchev–Trinajstić information content (AvgIpc) is 2.81. The summed E-state index contributed by atoms with van der Waals surface area (Å²) in [7, 11) is 0. The van der Waals surface area contributed by atoms with Crippen LogP contribution < -0.4 is 5.73 Å². The van der Waals surface area contributed by atoms with Gasteiger partial charge in [-0.3, -0.25) is 4.90 Å². The van der Waals surface area contributed by atoms with Gasteiger partial charge in [-0.15, -0.1) is 10.2 Å². The molecule has 0 radical (unpaired) electrons. The summed E-state index contributed by atoms with van der Waals surface area (Å²) in [5.74, 6) is 1.03. The molecule has 1 aromatic heterocycles. The van der Waals surface area contributed by atoms with Crippen molar-refractivity contribution in [3.8, 4) is 0 Å². The SMILES string of the molecule is Cc1ccc(N)c(CN2CCn3cnnc3C2)c1. The second-order valence-corrected chi connectivity index (χ2v) is 4.85. The smallest absolute Gasteiger partial charge is 0.147 e. The zero-order chi connectivity index (χ0) is 12.5. The molecule has 2 N–H and O–H groups in total. The van der Waals surface area contributed by atoms with E-state index in [4.69, 9.17) is 5.73 Å². The Morgan fingerprint density at radius 3 is 3.11 bits per heavy atom. The lowest BCUT2D eigenvalue weighted by atomic mass is 10.1. The number of hydrogen-bond acceptors (Lipinski definition) is 4. The van der Waals surface area contributed by atoms with Crippen LogP contribution in [0.25, 0.3) is 0 Å². The molecule has 0 saturated carbocycles. The van der Waals surface area contributed by atoms with Crippen molar-refractivity contribution in [2.75, 3.05) is 12.3 Å². The van der Waals surface area contributed by atoms with Crippen LogP contribution in [0.1, 0.15) is 17.0 Å².